The fraction of sp³-hybridized carbons (Fsp3) is 0.333. The van der Waals surface area contributed by atoms with Gasteiger partial charge in [0.2, 0.25) is 0 Å². The number of anilines is 2. The van der Waals surface area contributed by atoms with Crippen LogP contribution in [-0.4, -0.2) is 26.3 Å². The summed E-state index contributed by atoms with van der Waals surface area (Å²) in [5, 5.41) is 3.76. The van der Waals surface area contributed by atoms with Crippen molar-refractivity contribution in [2.24, 2.45) is 0 Å². The van der Waals surface area contributed by atoms with Crippen molar-refractivity contribution in [3.8, 4) is 0 Å². The van der Waals surface area contributed by atoms with E-state index in [-0.39, 0.29) is 0 Å². The molecule has 2 aromatic carbocycles. The fourth-order valence-electron chi connectivity index (χ4n) is 2.73. The van der Waals surface area contributed by atoms with Gasteiger partial charge in [-0.2, -0.15) is 13.2 Å². The summed E-state index contributed by atoms with van der Waals surface area (Å²) in [6.45, 7) is 2.85. The second kappa shape index (κ2) is 7.54. The fourth-order valence-corrected chi connectivity index (χ4v) is 2.86. The van der Waals surface area contributed by atoms with E-state index in [0.29, 0.717) is 43.6 Å². The smallest absolute Gasteiger partial charge is 0.379 e. The van der Waals surface area contributed by atoms with Crippen LogP contribution in [-0.2, 0) is 17.5 Å². The molecule has 0 atom stereocenters. The highest BCUT2D eigenvalue weighted by atomic mass is 35.5. The Balaban J connectivity index is 1.85. The predicted molar refractivity (Wildman–Crippen MR) is 93.3 cm³/mol. The summed E-state index contributed by atoms with van der Waals surface area (Å²) in [7, 11) is 0. The summed E-state index contributed by atoms with van der Waals surface area (Å²) >= 11 is 5.86. The van der Waals surface area contributed by atoms with Crippen molar-refractivity contribution in [3.63, 3.8) is 0 Å². The van der Waals surface area contributed by atoms with Crippen molar-refractivity contribution in [1.82, 2.24) is 0 Å². The molecule has 0 bridgehead atoms. The Morgan fingerprint density at radius 1 is 1.04 bits per heavy atom. The Bertz CT molecular complexity index is 713. The van der Waals surface area contributed by atoms with Gasteiger partial charge in [0.1, 0.15) is 0 Å². The Hall–Kier alpha value is -1.92. The summed E-state index contributed by atoms with van der Waals surface area (Å²) < 4.78 is 44.5. The number of alkyl halides is 3. The van der Waals surface area contributed by atoms with Crippen LogP contribution in [0.3, 0.4) is 0 Å². The summed E-state index contributed by atoms with van der Waals surface area (Å²) in [5.41, 5.74) is 1.50. The largest absolute Gasteiger partial charge is 0.416 e. The summed E-state index contributed by atoms with van der Waals surface area (Å²) in [6.07, 6.45) is -4.37. The highest BCUT2D eigenvalue weighted by Crippen LogP contribution is 2.36. The molecule has 0 spiro atoms. The van der Waals surface area contributed by atoms with Crippen LogP contribution in [0.25, 0.3) is 0 Å². The first kappa shape index (κ1) is 17.9. The lowest BCUT2D eigenvalue weighted by atomic mass is 10.1. The zero-order valence-corrected chi connectivity index (χ0v) is 14.2. The Morgan fingerprint density at radius 2 is 1.72 bits per heavy atom. The van der Waals surface area contributed by atoms with Gasteiger partial charge < -0.3 is 15.0 Å². The van der Waals surface area contributed by atoms with E-state index in [1.54, 1.807) is 12.1 Å². The minimum absolute atomic E-state index is 0.413. The van der Waals surface area contributed by atoms with Crippen LogP contribution in [0.5, 0.6) is 0 Å². The van der Waals surface area contributed by atoms with Gasteiger partial charge in [0.25, 0.3) is 0 Å². The molecule has 0 aliphatic carbocycles. The average molecular weight is 371 g/mol. The molecule has 0 radical (unpaired) electrons. The van der Waals surface area contributed by atoms with E-state index in [9.17, 15) is 13.2 Å². The molecule has 25 heavy (non-hydrogen) atoms. The number of rotatable bonds is 4. The molecule has 2 aromatic rings. The molecular weight excluding hydrogens is 353 g/mol. The molecule has 1 aliphatic rings. The van der Waals surface area contributed by atoms with E-state index >= 15 is 0 Å². The molecule has 0 unspecified atom stereocenters. The highest BCUT2D eigenvalue weighted by Gasteiger charge is 2.31. The number of nitrogens with zero attached hydrogens (tertiary/aromatic N) is 1. The number of hydrogen-bond acceptors (Lipinski definition) is 3. The van der Waals surface area contributed by atoms with Crippen molar-refractivity contribution in [3.05, 3.63) is 58.6 Å². The van der Waals surface area contributed by atoms with E-state index < -0.39 is 11.7 Å². The first-order valence-corrected chi connectivity index (χ1v) is 8.33. The van der Waals surface area contributed by atoms with Crippen LogP contribution < -0.4 is 10.2 Å². The molecule has 7 heteroatoms. The molecule has 1 heterocycles. The molecule has 0 saturated carbocycles. The molecular formula is C18H18ClF3N2O. The minimum atomic E-state index is -4.37. The van der Waals surface area contributed by atoms with Gasteiger partial charge >= 0.3 is 6.18 Å². The number of hydrogen-bond donors (Lipinski definition) is 1. The van der Waals surface area contributed by atoms with Crippen LogP contribution >= 0.6 is 11.6 Å². The van der Waals surface area contributed by atoms with Crippen molar-refractivity contribution >= 4 is 23.0 Å². The monoisotopic (exact) mass is 370 g/mol. The van der Waals surface area contributed by atoms with Gasteiger partial charge in [0, 0.05) is 24.7 Å². The zero-order chi connectivity index (χ0) is 17.9. The Labute approximate surface area is 149 Å². The molecule has 134 valence electrons. The van der Waals surface area contributed by atoms with E-state index in [4.69, 9.17) is 16.3 Å². The van der Waals surface area contributed by atoms with Crippen LogP contribution in [0.2, 0.25) is 5.02 Å². The SMILES string of the molecule is FC(F)(F)c1ccc(N2CCOCC2)c(NCc2ccc(Cl)cc2)c1. The molecule has 0 aromatic heterocycles. The quantitative estimate of drug-likeness (QED) is 0.836. The normalized spacial score (nSPS) is 15.3. The maximum atomic E-state index is 13.1. The van der Waals surface area contributed by atoms with Crippen LogP contribution in [0, 0.1) is 0 Å². The van der Waals surface area contributed by atoms with E-state index in [2.05, 4.69) is 5.32 Å². The first-order chi connectivity index (χ1) is 11.9. The standard InChI is InChI=1S/C18H18ClF3N2O/c19-15-4-1-13(2-5-15)12-23-16-11-14(18(20,21)22)3-6-17(16)24-7-9-25-10-8-24/h1-6,11,23H,7-10,12H2. The third-order valence-electron chi connectivity index (χ3n) is 4.07. The van der Waals surface area contributed by atoms with Crippen LogP contribution in [0.1, 0.15) is 11.1 Å². The molecule has 1 fully saturated rings. The van der Waals surface area contributed by atoms with E-state index in [0.717, 1.165) is 17.3 Å². The summed E-state index contributed by atoms with van der Waals surface area (Å²) in [6, 6.07) is 11.0. The van der Waals surface area contributed by atoms with Crippen LogP contribution in [0.4, 0.5) is 24.5 Å². The minimum Gasteiger partial charge on any atom is -0.379 e. The second-order valence-corrected chi connectivity index (χ2v) is 6.25. The van der Waals surface area contributed by atoms with Crippen LogP contribution in [0.15, 0.2) is 42.5 Å². The van der Waals surface area contributed by atoms with Gasteiger partial charge in [-0.05, 0) is 35.9 Å². The molecule has 1 N–H and O–H groups in total. The molecule has 3 nitrogen and oxygen atoms in total. The predicted octanol–water partition coefficient (Wildman–Crippen LogP) is 4.81. The summed E-state index contributed by atoms with van der Waals surface area (Å²) in [4.78, 5) is 2.04. The first-order valence-electron chi connectivity index (χ1n) is 7.96. The molecule has 3 rings (SSSR count). The van der Waals surface area contributed by atoms with Gasteiger partial charge in [-0.3, -0.25) is 0 Å². The van der Waals surface area contributed by atoms with Crippen molar-refractivity contribution in [2.45, 2.75) is 12.7 Å². The maximum absolute atomic E-state index is 13.1. The summed E-state index contributed by atoms with van der Waals surface area (Å²) in [5.74, 6) is 0. The number of benzene rings is 2. The Morgan fingerprint density at radius 3 is 2.36 bits per heavy atom. The third-order valence-corrected chi connectivity index (χ3v) is 4.32. The van der Waals surface area contributed by atoms with E-state index in [1.807, 2.05) is 17.0 Å². The third kappa shape index (κ3) is 4.58. The number of morpholine rings is 1. The Kier molecular flexibility index (Phi) is 5.39. The lowest BCUT2D eigenvalue weighted by Gasteiger charge is -2.31. The molecule has 1 aliphatic heterocycles. The highest BCUT2D eigenvalue weighted by molar-refractivity contribution is 6.30. The van der Waals surface area contributed by atoms with Crippen molar-refractivity contribution in [2.75, 3.05) is 36.5 Å². The lowest BCUT2D eigenvalue weighted by Crippen LogP contribution is -2.36. The number of halogens is 4. The lowest BCUT2D eigenvalue weighted by molar-refractivity contribution is -0.137. The molecule has 1 saturated heterocycles. The topological polar surface area (TPSA) is 24.5 Å². The van der Waals surface area contributed by atoms with Gasteiger partial charge in [-0.1, -0.05) is 23.7 Å². The van der Waals surface area contributed by atoms with Gasteiger partial charge in [-0.15, -0.1) is 0 Å². The van der Waals surface area contributed by atoms with Gasteiger partial charge in [0.05, 0.1) is 30.2 Å². The van der Waals surface area contributed by atoms with Gasteiger partial charge in [-0.25, -0.2) is 0 Å². The number of nitrogens with one attached hydrogen (secondary N) is 1. The van der Waals surface area contributed by atoms with Gasteiger partial charge in [0.15, 0.2) is 0 Å². The zero-order valence-electron chi connectivity index (χ0n) is 13.4. The van der Waals surface area contributed by atoms with Crippen molar-refractivity contribution < 1.29 is 17.9 Å². The van der Waals surface area contributed by atoms with E-state index in [1.165, 1.54) is 12.1 Å². The number of ether oxygens (including phenoxy) is 1. The maximum Gasteiger partial charge on any atom is 0.416 e. The second-order valence-electron chi connectivity index (χ2n) is 5.81. The van der Waals surface area contributed by atoms with Crippen molar-refractivity contribution in [1.29, 1.82) is 0 Å². The average Bonchev–Trinajstić information content (AvgIpc) is 2.61. The molecule has 0 amide bonds.